The molecule has 0 aromatic rings. The number of hydrogen-bond acceptors (Lipinski definition) is 5. The first kappa shape index (κ1) is 28.6. The lowest BCUT2D eigenvalue weighted by atomic mass is 10.3. The molecule has 2 aliphatic rings. The van der Waals surface area contributed by atoms with Crippen LogP contribution in [0.2, 0.25) is 0 Å². The van der Waals surface area contributed by atoms with Crippen molar-refractivity contribution >= 4 is 0 Å². The molecule has 2 rings (SSSR count). The van der Waals surface area contributed by atoms with E-state index >= 15 is 0 Å². The van der Waals surface area contributed by atoms with Gasteiger partial charge in [-0.1, -0.05) is 41.5 Å². The summed E-state index contributed by atoms with van der Waals surface area (Å²) in [5.41, 5.74) is 0. The Morgan fingerprint density at radius 1 is 0.833 bits per heavy atom. The number of hydrogen-bond donors (Lipinski definition) is 0. The van der Waals surface area contributed by atoms with Crippen LogP contribution in [-0.2, 0) is 14.2 Å². The van der Waals surface area contributed by atoms with E-state index in [0.29, 0.717) is 12.7 Å². The van der Waals surface area contributed by atoms with Crippen molar-refractivity contribution in [1.29, 1.82) is 0 Å². The maximum atomic E-state index is 5.42. The molecule has 2 saturated heterocycles. The number of methoxy groups -OCH3 is 1. The van der Waals surface area contributed by atoms with E-state index in [1.54, 1.807) is 7.11 Å². The van der Waals surface area contributed by atoms with Gasteiger partial charge < -0.3 is 24.0 Å². The van der Waals surface area contributed by atoms with Crippen LogP contribution in [0.4, 0.5) is 0 Å². The second kappa shape index (κ2) is 22.8. The third kappa shape index (κ3) is 18.1. The highest BCUT2D eigenvalue weighted by Crippen LogP contribution is 2.02. The van der Waals surface area contributed by atoms with Crippen molar-refractivity contribution in [3.05, 3.63) is 0 Å². The summed E-state index contributed by atoms with van der Waals surface area (Å²) in [5.74, 6) is 0. The Balaban J connectivity index is -0.000000284. The van der Waals surface area contributed by atoms with E-state index in [9.17, 15) is 0 Å². The average molecular weight is 351 g/mol. The summed E-state index contributed by atoms with van der Waals surface area (Å²) >= 11 is 0. The third-order valence-corrected chi connectivity index (χ3v) is 3.14. The predicted octanol–water partition coefficient (Wildman–Crippen LogP) is 3.38. The molecule has 150 valence electrons. The molecule has 2 unspecified atom stereocenters. The van der Waals surface area contributed by atoms with Crippen molar-refractivity contribution in [2.24, 2.45) is 0 Å². The highest BCUT2D eigenvalue weighted by atomic mass is 16.5. The number of morpholine rings is 2. The first-order chi connectivity index (χ1) is 11.6. The summed E-state index contributed by atoms with van der Waals surface area (Å²) in [4.78, 5) is 4.54. The Morgan fingerprint density at radius 2 is 1.29 bits per heavy atom. The maximum Gasteiger partial charge on any atom is 0.0935 e. The standard InChI is InChI=1S/C7H15NO2.C6H13NO.3C2H6/c1-8-3-4-10-7(5-8)6-9-2;1-6-5-7(2)3-4-8-6;3*1-2/h7H,3-6H2,1-2H3;6H,3-5H2,1-2H3;3*1-2H3. The Kier molecular flexibility index (Phi) is 27.2. The predicted molar refractivity (Wildman–Crippen MR) is 106 cm³/mol. The van der Waals surface area contributed by atoms with Gasteiger partial charge in [0.25, 0.3) is 0 Å². The molecular formula is C19H46N2O3. The minimum absolute atomic E-state index is 0.281. The summed E-state index contributed by atoms with van der Waals surface area (Å²) in [5, 5.41) is 0. The molecule has 0 aromatic heterocycles. The monoisotopic (exact) mass is 350 g/mol. The van der Waals surface area contributed by atoms with Crippen molar-refractivity contribution in [1.82, 2.24) is 9.80 Å². The molecule has 0 radical (unpaired) electrons. The maximum absolute atomic E-state index is 5.42. The Labute approximate surface area is 152 Å². The second-order valence-corrected chi connectivity index (χ2v) is 5.15. The van der Waals surface area contributed by atoms with Crippen molar-refractivity contribution in [3.8, 4) is 0 Å². The van der Waals surface area contributed by atoms with Gasteiger partial charge in [-0.25, -0.2) is 0 Å². The van der Waals surface area contributed by atoms with E-state index in [-0.39, 0.29) is 6.10 Å². The molecule has 5 nitrogen and oxygen atoms in total. The molecule has 2 aliphatic heterocycles. The molecule has 0 aromatic carbocycles. The fraction of sp³-hybridized carbons (Fsp3) is 1.00. The van der Waals surface area contributed by atoms with Gasteiger partial charge in [0.1, 0.15) is 0 Å². The van der Waals surface area contributed by atoms with Gasteiger partial charge >= 0.3 is 0 Å². The Bertz CT molecular complexity index is 209. The smallest absolute Gasteiger partial charge is 0.0935 e. The Morgan fingerprint density at radius 3 is 1.62 bits per heavy atom. The lowest BCUT2D eigenvalue weighted by molar-refractivity contribution is -0.0542. The lowest BCUT2D eigenvalue weighted by Crippen LogP contribution is -2.41. The van der Waals surface area contributed by atoms with Crippen LogP contribution in [-0.4, -0.2) is 89.2 Å². The topological polar surface area (TPSA) is 34.2 Å². The number of likely N-dealkylation sites (N-methyl/N-ethyl adjacent to an activating group) is 2. The zero-order valence-electron chi connectivity index (χ0n) is 18.2. The van der Waals surface area contributed by atoms with Crippen molar-refractivity contribution in [2.75, 3.05) is 67.2 Å². The number of ether oxygens (including phenoxy) is 3. The van der Waals surface area contributed by atoms with E-state index in [1.165, 1.54) is 0 Å². The van der Waals surface area contributed by atoms with Gasteiger partial charge in [0.15, 0.2) is 0 Å². The number of nitrogens with zero attached hydrogens (tertiary/aromatic N) is 2. The van der Waals surface area contributed by atoms with Gasteiger partial charge in [0, 0.05) is 33.3 Å². The van der Waals surface area contributed by atoms with E-state index in [2.05, 4.69) is 30.8 Å². The van der Waals surface area contributed by atoms with E-state index in [4.69, 9.17) is 14.2 Å². The van der Waals surface area contributed by atoms with Crippen LogP contribution in [0.3, 0.4) is 0 Å². The minimum Gasteiger partial charge on any atom is -0.382 e. The van der Waals surface area contributed by atoms with Gasteiger partial charge in [0.05, 0.1) is 32.0 Å². The third-order valence-electron chi connectivity index (χ3n) is 3.14. The molecule has 0 saturated carbocycles. The summed E-state index contributed by atoms with van der Waals surface area (Å²) in [6.07, 6.45) is 0.720. The highest BCUT2D eigenvalue weighted by molar-refractivity contribution is 4.67. The molecule has 5 heteroatoms. The summed E-state index contributed by atoms with van der Waals surface area (Å²) in [6, 6.07) is 0. The lowest BCUT2D eigenvalue weighted by Gasteiger charge is -2.29. The molecule has 0 N–H and O–H groups in total. The summed E-state index contributed by atoms with van der Waals surface area (Å²) in [7, 11) is 5.93. The molecule has 24 heavy (non-hydrogen) atoms. The van der Waals surface area contributed by atoms with Crippen LogP contribution in [0.5, 0.6) is 0 Å². The molecule has 2 heterocycles. The fourth-order valence-corrected chi connectivity index (χ4v) is 2.15. The van der Waals surface area contributed by atoms with E-state index < -0.39 is 0 Å². The van der Waals surface area contributed by atoms with E-state index in [1.807, 2.05) is 41.5 Å². The highest BCUT2D eigenvalue weighted by Gasteiger charge is 2.16. The molecule has 0 aliphatic carbocycles. The zero-order valence-corrected chi connectivity index (χ0v) is 18.2. The number of rotatable bonds is 2. The summed E-state index contributed by atoms with van der Waals surface area (Å²) < 4.78 is 15.7. The normalized spacial score (nSPS) is 23.8. The summed E-state index contributed by atoms with van der Waals surface area (Å²) in [6.45, 7) is 20.8. The van der Waals surface area contributed by atoms with Gasteiger partial charge in [-0.05, 0) is 21.0 Å². The fourth-order valence-electron chi connectivity index (χ4n) is 2.15. The zero-order chi connectivity index (χ0) is 19.4. The minimum atomic E-state index is 0.281. The van der Waals surface area contributed by atoms with Crippen LogP contribution in [0.1, 0.15) is 48.5 Å². The Hall–Kier alpha value is -0.200. The molecule has 2 atom stereocenters. The first-order valence-electron chi connectivity index (χ1n) is 9.71. The van der Waals surface area contributed by atoms with Crippen molar-refractivity contribution in [2.45, 2.75) is 60.7 Å². The first-order valence-corrected chi connectivity index (χ1v) is 9.71. The van der Waals surface area contributed by atoms with Crippen LogP contribution in [0, 0.1) is 0 Å². The van der Waals surface area contributed by atoms with Crippen molar-refractivity contribution < 1.29 is 14.2 Å². The molecular weight excluding hydrogens is 304 g/mol. The van der Waals surface area contributed by atoms with Crippen molar-refractivity contribution in [3.63, 3.8) is 0 Å². The SMILES string of the molecule is CC.CC.CC.CC1CN(C)CCO1.COCC1CN(C)CCO1. The average Bonchev–Trinajstić information content (AvgIpc) is 2.61. The second-order valence-electron chi connectivity index (χ2n) is 5.15. The quantitative estimate of drug-likeness (QED) is 0.763. The molecule has 0 bridgehead atoms. The molecule has 0 amide bonds. The van der Waals surface area contributed by atoms with Crippen LogP contribution in [0.15, 0.2) is 0 Å². The van der Waals surface area contributed by atoms with E-state index in [0.717, 1.165) is 39.4 Å². The largest absolute Gasteiger partial charge is 0.382 e. The van der Waals surface area contributed by atoms with Crippen LogP contribution in [0.25, 0.3) is 0 Å². The van der Waals surface area contributed by atoms with Crippen LogP contribution >= 0.6 is 0 Å². The van der Waals surface area contributed by atoms with Gasteiger partial charge in [-0.2, -0.15) is 0 Å². The van der Waals surface area contributed by atoms with Gasteiger partial charge in [0.2, 0.25) is 0 Å². The molecule has 0 spiro atoms. The molecule has 2 fully saturated rings. The van der Waals surface area contributed by atoms with Crippen LogP contribution < -0.4 is 0 Å². The van der Waals surface area contributed by atoms with Gasteiger partial charge in [-0.3, -0.25) is 0 Å². The van der Waals surface area contributed by atoms with Gasteiger partial charge in [-0.15, -0.1) is 0 Å².